The molecular formula is C14H16. The van der Waals surface area contributed by atoms with Crippen LogP contribution in [0.3, 0.4) is 0 Å². The van der Waals surface area contributed by atoms with E-state index < -0.39 is 0 Å². The first-order chi connectivity index (χ1) is 6.79. The maximum absolute atomic E-state index is 4.15. The van der Waals surface area contributed by atoms with Gasteiger partial charge in [0.15, 0.2) is 0 Å². The topological polar surface area (TPSA) is 0 Å². The van der Waals surface area contributed by atoms with Crippen molar-refractivity contribution in [3.63, 3.8) is 0 Å². The lowest BCUT2D eigenvalue weighted by Gasteiger charge is -2.26. The highest BCUT2D eigenvalue weighted by Crippen LogP contribution is 2.38. The van der Waals surface area contributed by atoms with E-state index >= 15 is 0 Å². The molecule has 14 heavy (non-hydrogen) atoms. The maximum atomic E-state index is 4.15. The average Bonchev–Trinajstić information content (AvgIpc) is 2.23. The Bertz CT molecular complexity index is 346. The predicted molar refractivity (Wildman–Crippen MR) is 61.3 cm³/mol. The Hall–Kier alpha value is -1.30. The smallest absolute Gasteiger partial charge is 0.00861 e. The molecule has 0 heteroatoms. The molecule has 0 saturated heterocycles. The van der Waals surface area contributed by atoms with Crippen LogP contribution in [-0.4, -0.2) is 0 Å². The lowest BCUT2D eigenvalue weighted by molar-refractivity contribution is 0.609. The highest BCUT2D eigenvalue weighted by Gasteiger charge is 2.20. The molecule has 0 aromatic heterocycles. The van der Waals surface area contributed by atoms with Crippen LogP contribution in [0.4, 0.5) is 0 Å². The summed E-state index contributed by atoms with van der Waals surface area (Å²) in [4.78, 5) is 0. The van der Waals surface area contributed by atoms with Crippen molar-refractivity contribution in [1.82, 2.24) is 0 Å². The molecule has 1 saturated carbocycles. The van der Waals surface area contributed by atoms with Gasteiger partial charge in [-0.25, -0.2) is 0 Å². The van der Waals surface area contributed by atoms with Crippen molar-refractivity contribution in [2.45, 2.75) is 25.2 Å². The van der Waals surface area contributed by atoms with Gasteiger partial charge in [0.25, 0.3) is 0 Å². The summed E-state index contributed by atoms with van der Waals surface area (Å²) < 4.78 is 0. The Morgan fingerprint density at radius 3 is 2.50 bits per heavy atom. The summed E-state index contributed by atoms with van der Waals surface area (Å²) in [6, 6.07) is 10.6. The van der Waals surface area contributed by atoms with Gasteiger partial charge >= 0.3 is 0 Å². The summed E-state index contributed by atoms with van der Waals surface area (Å²) in [5.41, 5.74) is 3.87. The van der Waals surface area contributed by atoms with Crippen LogP contribution in [0.2, 0.25) is 0 Å². The van der Waals surface area contributed by atoms with E-state index in [1.165, 1.54) is 29.6 Å². The Morgan fingerprint density at radius 1 is 1.07 bits per heavy atom. The molecule has 1 aliphatic carbocycles. The van der Waals surface area contributed by atoms with Crippen LogP contribution in [0.15, 0.2) is 54.6 Å². The summed E-state index contributed by atoms with van der Waals surface area (Å²) in [7, 11) is 0. The molecule has 1 atom stereocenters. The van der Waals surface area contributed by atoms with Crippen molar-refractivity contribution in [2.75, 3.05) is 0 Å². The van der Waals surface area contributed by atoms with E-state index in [4.69, 9.17) is 0 Å². The third-order valence-electron chi connectivity index (χ3n) is 3.05. The van der Waals surface area contributed by atoms with E-state index in [-0.39, 0.29) is 0 Å². The van der Waals surface area contributed by atoms with E-state index in [9.17, 15) is 0 Å². The molecule has 0 radical (unpaired) electrons. The standard InChI is InChI=1S/C14H16/c1-11-7-6-10-14(12(11)2)13-8-4-3-5-9-13/h3-5,8-9,14H,1-2,6-7,10H2. The Kier molecular flexibility index (Phi) is 2.53. The highest BCUT2D eigenvalue weighted by atomic mass is 14.2. The minimum atomic E-state index is 0.512. The summed E-state index contributed by atoms with van der Waals surface area (Å²) in [6.07, 6.45) is 3.60. The Morgan fingerprint density at radius 2 is 1.79 bits per heavy atom. The molecule has 0 nitrogen and oxygen atoms in total. The van der Waals surface area contributed by atoms with Gasteiger partial charge in [-0.05, 0) is 30.4 Å². The van der Waals surface area contributed by atoms with E-state index in [0.717, 1.165) is 6.42 Å². The quantitative estimate of drug-likeness (QED) is 0.617. The van der Waals surface area contributed by atoms with Gasteiger partial charge in [0, 0.05) is 5.92 Å². The van der Waals surface area contributed by atoms with Crippen LogP contribution < -0.4 is 0 Å². The van der Waals surface area contributed by atoms with E-state index in [1.54, 1.807) is 0 Å². The van der Waals surface area contributed by atoms with Crippen molar-refractivity contribution in [3.8, 4) is 0 Å². The summed E-state index contributed by atoms with van der Waals surface area (Å²) >= 11 is 0. The van der Waals surface area contributed by atoms with Crippen molar-refractivity contribution >= 4 is 0 Å². The summed E-state index contributed by atoms with van der Waals surface area (Å²) in [6.45, 7) is 8.22. The summed E-state index contributed by atoms with van der Waals surface area (Å²) in [5.74, 6) is 0.512. The van der Waals surface area contributed by atoms with Crippen molar-refractivity contribution in [2.24, 2.45) is 0 Å². The molecule has 0 amide bonds. The lowest BCUT2D eigenvalue weighted by atomic mass is 9.78. The Labute approximate surface area is 86.0 Å². The van der Waals surface area contributed by atoms with E-state index in [1.807, 2.05) is 0 Å². The van der Waals surface area contributed by atoms with Crippen molar-refractivity contribution in [1.29, 1.82) is 0 Å². The molecule has 0 bridgehead atoms. The van der Waals surface area contributed by atoms with Gasteiger partial charge in [-0.3, -0.25) is 0 Å². The SMILES string of the molecule is C=C1CCCC(c2ccccc2)C1=C. The number of rotatable bonds is 1. The normalized spacial score (nSPS) is 22.4. The van der Waals surface area contributed by atoms with Crippen molar-refractivity contribution in [3.05, 3.63) is 60.2 Å². The fourth-order valence-corrected chi connectivity index (χ4v) is 2.15. The highest BCUT2D eigenvalue weighted by molar-refractivity contribution is 5.39. The minimum absolute atomic E-state index is 0.512. The van der Waals surface area contributed by atoms with Gasteiger partial charge in [0.1, 0.15) is 0 Å². The van der Waals surface area contributed by atoms with Gasteiger partial charge in [-0.2, -0.15) is 0 Å². The van der Waals surface area contributed by atoms with Gasteiger partial charge in [0.05, 0.1) is 0 Å². The molecule has 72 valence electrons. The molecule has 1 aliphatic rings. The molecule has 0 spiro atoms. The van der Waals surface area contributed by atoms with Crippen LogP contribution >= 0.6 is 0 Å². The molecule has 0 heterocycles. The zero-order valence-corrected chi connectivity index (χ0v) is 8.50. The third kappa shape index (κ3) is 1.65. The number of hydrogen-bond donors (Lipinski definition) is 0. The second kappa shape index (κ2) is 3.83. The fourth-order valence-electron chi connectivity index (χ4n) is 2.15. The van der Waals surface area contributed by atoms with Crippen LogP contribution in [0, 0.1) is 0 Å². The molecule has 1 aromatic rings. The molecule has 1 fully saturated rings. The Balaban J connectivity index is 2.26. The van der Waals surface area contributed by atoms with Gasteiger partial charge in [0.2, 0.25) is 0 Å². The zero-order chi connectivity index (χ0) is 9.97. The van der Waals surface area contributed by atoms with Gasteiger partial charge in [-0.1, -0.05) is 49.1 Å². The first-order valence-corrected chi connectivity index (χ1v) is 5.21. The lowest BCUT2D eigenvalue weighted by Crippen LogP contribution is -2.09. The minimum Gasteiger partial charge on any atom is -0.0956 e. The molecule has 2 rings (SSSR count). The maximum Gasteiger partial charge on any atom is 0.00861 e. The first-order valence-electron chi connectivity index (χ1n) is 5.21. The van der Waals surface area contributed by atoms with Crippen molar-refractivity contribution < 1.29 is 0 Å². The molecule has 1 unspecified atom stereocenters. The van der Waals surface area contributed by atoms with E-state index in [2.05, 4.69) is 43.5 Å². The number of benzene rings is 1. The molecule has 0 aliphatic heterocycles. The first kappa shape index (κ1) is 9.26. The molecule has 0 N–H and O–H groups in total. The van der Waals surface area contributed by atoms with Gasteiger partial charge < -0.3 is 0 Å². The van der Waals surface area contributed by atoms with Crippen LogP contribution in [0.1, 0.15) is 30.7 Å². The van der Waals surface area contributed by atoms with Crippen LogP contribution in [0.25, 0.3) is 0 Å². The van der Waals surface area contributed by atoms with Crippen LogP contribution in [0.5, 0.6) is 0 Å². The monoisotopic (exact) mass is 184 g/mol. The predicted octanol–water partition coefficient (Wildman–Crippen LogP) is 4.07. The average molecular weight is 184 g/mol. The second-order valence-electron chi connectivity index (χ2n) is 3.98. The number of allylic oxidation sites excluding steroid dienone is 2. The van der Waals surface area contributed by atoms with E-state index in [0.29, 0.717) is 5.92 Å². The largest absolute Gasteiger partial charge is 0.0956 e. The molecular weight excluding hydrogens is 168 g/mol. The summed E-state index contributed by atoms with van der Waals surface area (Å²) in [5, 5.41) is 0. The van der Waals surface area contributed by atoms with Gasteiger partial charge in [-0.15, -0.1) is 0 Å². The molecule has 1 aromatic carbocycles. The zero-order valence-electron chi connectivity index (χ0n) is 8.50. The van der Waals surface area contributed by atoms with Crippen LogP contribution in [-0.2, 0) is 0 Å². The number of hydrogen-bond acceptors (Lipinski definition) is 0. The third-order valence-corrected chi connectivity index (χ3v) is 3.05. The fraction of sp³-hybridized carbons (Fsp3) is 0.286. The second-order valence-corrected chi connectivity index (χ2v) is 3.98.